The average Bonchev–Trinajstić information content (AvgIpc) is 3.21. The van der Waals surface area contributed by atoms with Gasteiger partial charge in [-0.3, -0.25) is 4.79 Å². The van der Waals surface area contributed by atoms with Crippen molar-refractivity contribution in [1.82, 2.24) is 10.2 Å². The molecule has 1 fully saturated rings. The zero-order chi connectivity index (χ0) is 22.2. The van der Waals surface area contributed by atoms with Gasteiger partial charge < -0.3 is 15.1 Å². The summed E-state index contributed by atoms with van der Waals surface area (Å²) in [7, 11) is 0. The van der Waals surface area contributed by atoms with Crippen molar-refractivity contribution in [1.29, 1.82) is 0 Å². The van der Waals surface area contributed by atoms with Crippen LogP contribution in [0.25, 0.3) is 0 Å². The summed E-state index contributed by atoms with van der Waals surface area (Å²) < 4.78 is 0. The molecule has 4 heteroatoms. The van der Waals surface area contributed by atoms with Crippen LogP contribution in [0.1, 0.15) is 57.8 Å². The molecule has 168 valence electrons. The van der Waals surface area contributed by atoms with Crippen LogP contribution in [0, 0.1) is 0 Å². The molecule has 0 bridgehead atoms. The summed E-state index contributed by atoms with van der Waals surface area (Å²) in [6, 6.07) is 26.5. The minimum Gasteiger partial charge on any atom is -0.367 e. The first-order valence-corrected chi connectivity index (χ1v) is 12.3. The Hall–Kier alpha value is -3.11. The van der Waals surface area contributed by atoms with Gasteiger partial charge in [0.1, 0.15) is 0 Å². The summed E-state index contributed by atoms with van der Waals surface area (Å²) in [6.07, 6.45) is 3.34. The molecular weight excluding hydrogens is 406 g/mol. The van der Waals surface area contributed by atoms with E-state index in [1.54, 1.807) is 0 Å². The number of nitrogens with zero attached hydrogens (tertiary/aromatic N) is 2. The number of carbonyl (C=O) groups is 1. The van der Waals surface area contributed by atoms with Crippen LogP contribution in [0.4, 0.5) is 5.69 Å². The molecule has 0 aliphatic carbocycles. The van der Waals surface area contributed by atoms with Crippen LogP contribution in [0.15, 0.2) is 72.8 Å². The van der Waals surface area contributed by atoms with Gasteiger partial charge >= 0.3 is 0 Å². The fourth-order valence-electron chi connectivity index (χ4n) is 5.92. The first-order chi connectivity index (χ1) is 16.3. The first-order valence-electron chi connectivity index (χ1n) is 12.3. The van der Waals surface area contributed by atoms with Crippen LogP contribution in [0.2, 0.25) is 0 Å². The van der Waals surface area contributed by atoms with Crippen LogP contribution in [0.5, 0.6) is 0 Å². The Morgan fingerprint density at radius 2 is 1.79 bits per heavy atom. The number of benzene rings is 3. The highest BCUT2D eigenvalue weighted by atomic mass is 16.2. The lowest BCUT2D eigenvalue weighted by Gasteiger charge is -2.36. The maximum Gasteiger partial charge on any atom is 0.254 e. The molecule has 1 saturated heterocycles. The van der Waals surface area contributed by atoms with Crippen molar-refractivity contribution in [3.05, 3.63) is 101 Å². The largest absolute Gasteiger partial charge is 0.367 e. The van der Waals surface area contributed by atoms with Crippen molar-refractivity contribution in [3.63, 3.8) is 0 Å². The van der Waals surface area contributed by atoms with E-state index in [0.29, 0.717) is 12.0 Å². The average molecular weight is 438 g/mol. The zero-order valence-electron chi connectivity index (χ0n) is 19.0. The minimum absolute atomic E-state index is 0.211. The van der Waals surface area contributed by atoms with E-state index in [0.717, 1.165) is 57.5 Å². The molecule has 3 aromatic carbocycles. The maximum atomic E-state index is 13.1. The third-order valence-corrected chi connectivity index (χ3v) is 7.63. The molecule has 2 atom stereocenters. The second-order valence-corrected chi connectivity index (χ2v) is 9.66. The number of fused-ring (bicyclic) bond motifs is 2. The maximum absolute atomic E-state index is 13.1. The fourth-order valence-corrected chi connectivity index (χ4v) is 5.92. The van der Waals surface area contributed by atoms with Gasteiger partial charge in [-0.05, 0) is 60.2 Å². The summed E-state index contributed by atoms with van der Waals surface area (Å²) >= 11 is 0. The molecule has 2 unspecified atom stereocenters. The second-order valence-electron chi connectivity index (χ2n) is 9.66. The quantitative estimate of drug-likeness (QED) is 0.628. The number of hydrogen-bond acceptors (Lipinski definition) is 3. The van der Waals surface area contributed by atoms with Crippen molar-refractivity contribution in [2.75, 3.05) is 24.5 Å². The van der Waals surface area contributed by atoms with Gasteiger partial charge in [0.05, 0.1) is 0 Å². The molecule has 0 aromatic heterocycles. The van der Waals surface area contributed by atoms with Gasteiger partial charge in [0.2, 0.25) is 0 Å². The van der Waals surface area contributed by atoms with E-state index in [1.807, 2.05) is 0 Å². The van der Waals surface area contributed by atoms with Gasteiger partial charge in [0.15, 0.2) is 0 Å². The molecule has 0 saturated carbocycles. The first kappa shape index (κ1) is 20.5. The van der Waals surface area contributed by atoms with Gasteiger partial charge in [-0.25, -0.2) is 0 Å². The molecule has 3 heterocycles. The number of anilines is 1. The number of nitrogens with one attached hydrogen (secondary N) is 1. The number of para-hydroxylation sites is 1. The van der Waals surface area contributed by atoms with Crippen molar-refractivity contribution in [2.24, 2.45) is 0 Å². The van der Waals surface area contributed by atoms with Crippen LogP contribution >= 0.6 is 0 Å². The van der Waals surface area contributed by atoms with E-state index in [9.17, 15) is 4.79 Å². The van der Waals surface area contributed by atoms with Gasteiger partial charge in [-0.2, -0.15) is 0 Å². The standard InChI is InChI=1S/C29H31N3O/c33-29-26-13-12-22(17-23(26)20-32(29)24-9-6-15-30-18-24)25-14-16-31(19-21-7-2-1-3-8-21)28-11-5-4-10-27(25)28/h1-5,7-8,10-13,17,24-25,30H,6,9,14-16,18-20H2. The molecule has 4 nitrogen and oxygen atoms in total. The number of carbonyl (C=O) groups excluding carboxylic acids is 1. The molecule has 3 aromatic rings. The highest BCUT2D eigenvalue weighted by Gasteiger charge is 2.34. The van der Waals surface area contributed by atoms with E-state index in [1.165, 1.54) is 27.9 Å². The molecule has 0 spiro atoms. The third-order valence-electron chi connectivity index (χ3n) is 7.63. The highest BCUT2D eigenvalue weighted by Crippen LogP contribution is 2.41. The van der Waals surface area contributed by atoms with Gasteiger partial charge in [0, 0.05) is 49.4 Å². The molecule has 3 aliphatic heterocycles. The van der Waals surface area contributed by atoms with Gasteiger partial charge in [-0.1, -0.05) is 60.7 Å². The fraction of sp³-hybridized carbons (Fsp3) is 0.345. The van der Waals surface area contributed by atoms with E-state index < -0.39 is 0 Å². The summed E-state index contributed by atoms with van der Waals surface area (Å²) in [5.74, 6) is 0.586. The predicted molar refractivity (Wildman–Crippen MR) is 133 cm³/mol. The van der Waals surface area contributed by atoms with E-state index in [2.05, 4.69) is 87.9 Å². The van der Waals surface area contributed by atoms with Crippen LogP contribution in [-0.4, -0.2) is 36.5 Å². The lowest BCUT2D eigenvalue weighted by Crippen LogP contribution is -2.46. The van der Waals surface area contributed by atoms with Gasteiger partial charge in [-0.15, -0.1) is 0 Å². The monoisotopic (exact) mass is 437 g/mol. The van der Waals surface area contributed by atoms with Crippen LogP contribution in [-0.2, 0) is 13.1 Å². The molecule has 3 aliphatic rings. The molecular formula is C29H31N3O. The Labute approximate surface area is 196 Å². The lowest BCUT2D eigenvalue weighted by molar-refractivity contribution is 0.0674. The Bertz CT molecular complexity index is 1150. The van der Waals surface area contributed by atoms with E-state index in [-0.39, 0.29) is 5.91 Å². The number of rotatable bonds is 4. The minimum atomic E-state index is 0.211. The Balaban J connectivity index is 1.27. The summed E-state index contributed by atoms with van der Waals surface area (Å²) in [4.78, 5) is 17.7. The molecule has 6 rings (SSSR count). The highest BCUT2D eigenvalue weighted by molar-refractivity contribution is 5.98. The normalized spacial score (nSPS) is 22.2. The van der Waals surface area contributed by atoms with Gasteiger partial charge in [0.25, 0.3) is 5.91 Å². The van der Waals surface area contributed by atoms with Crippen molar-refractivity contribution in [3.8, 4) is 0 Å². The SMILES string of the molecule is O=C1c2ccc(C3CCN(Cc4ccccc4)c4ccccc43)cc2CN1C1CCCNC1. The Morgan fingerprint density at radius 1 is 0.939 bits per heavy atom. The molecule has 1 amide bonds. The summed E-state index contributed by atoms with van der Waals surface area (Å²) in [6.45, 7) is 4.71. The summed E-state index contributed by atoms with van der Waals surface area (Å²) in [5, 5.41) is 3.46. The third kappa shape index (κ3) is 3.83. The second kappa shape index (κ2) is 8.68. The topological polar surface area (TPSA) is 35.6 Å². The Morgan fingerprint density at radius 3 is 2.64 bits per heavy atom. The summed E-state index contributed by atoms with van der Waals surface area (Å²) in [5.41, 5.74) is 7.53. The molecule has 1 N–H and O–H groups in total. The van der Waals surface area contributed by atoms with Crippen LogP contribution < -0.4 is 10.2 Å². The van der Waals surface area contributed by atoms with E-state index in [4.69, 9.17) is 0 Å². The molecule has 33 heavy (non-hydrogen) atoms. The van der Waals surface area contributed by atoms with Crippen molar-refractivity contribution in [2.45, 2.75) is 44.3 Å². The number of hydrogen-bond donors (Lipinski definition) is 1. The van der Waals surface area contributed by atoms with E-state index >= 15 is 0 Å². The Kier molecular flexibility index (Phi) is 5.39. The molecule has 0 radical (unpaired) electrons. The number of amides is 1. The lowest BCUT2D eigenvalue weighted by atomic mass is 9.83. The predicted octanol–water partition coefficient (Wildman–Crippen LogP) is 4.94. The smallest absolute Gasteiger partial charge is 0.254 e. The van der Waals surface area contributed by atoms with Crippen molar-refractivity contribution >= 4 is 11.6 Å². The number of piperidine rings is 1. The van der Waals surface area contributed by atoms with Crippen LogP contribution in [0.3, 0.4) is 0 Å². The zero-order valence-corrected chi connectivity index (χ0v) is 19.0. The van der Waals surface area contributed by atoms with Crippen molar-refractivity contribution < 1.29 is 4.79 Å².